The lowest BCUT2D eigenvalue weighted by molar-refractivity contribution is 0.0911. The minimum absolute atomic E-state index is 0.155. The maximum Gasteiger partial charge on any atom is 0.252 e. The van der Waals surface area contributed by atoms with Crippen LogP contribution >= 0.6 is 11.3 Å². The van der Waals surface area contributed by atoms with Crippen LogP contribution in [0, 0.1) is 0 Å². The molecule has 0 aliphatic heterocycles. The minimum atomic E-state index is -0.503. The average molecular weight is 276 g/mol. The van der Waals surface area contributed by atoms with E-state index in [2.05, 4.69) is 15.3 Å². The van der Waals surface area contributed by atoms with Gasteiger partial charge in [0.1, 0.15) is 5.01 Å². The molecule has 0 saturated heterocycles. The normalized spacial score (nSPS) is 11.3. The van der Waals surface area contributed by atoms with E-state index < -0.39 is 5.54 Å². The van der Waals surface area contributed by atoms with E-state index in [1.807, 2.05) is 19.2 Å². The van der Waals surface area contributed by atoms with Crippen LogP contribution in [0.1, 0.15) is 34.9 Å². The first-order chi connectivity index (χ1) is 9.03. The van der Waals surface area contributed by atoms with E-state index in [0.29, 0.717) is 17.8 Å². The van der Waals surface area contributed by atoms with E-state index in [1.165, 1.54) is 11.3 Å². The van der Waals surface area contributed by atoms with E-state index in [9.17, 15) is 4.79 Å². The molecular weight excluding hydrogens is 260 g/mol. The summed E-state index contributed by atoms with van der Waals surface area (Å²) in [5, 5.41) is 5.73. The van der Waals surface area contributed by atoms with Crippen molar-refractivity contribution in [1.82, 2.24) is 15.3 Å². The van der Waals surface area contributed by atoms with Gasteiger partial charge in [-0.15, -0.1) is 11.3 Å². The number of thiazole rings is 1. The molecule has 0 radical (unpaired) electrons. The van der Waals surface area contributed by atoms with Gasteiger partial charge in [0, 0.05) is 29.9 Å². The SMILES string of the molecule is CC(C)(NC(=O)c1ccnc(CN)c1)c1nccs1. The third-order valence-electron chi connectivity index (χ3n) is 2.68. The van der Waals surface area contributed by atoms with Crippen molar-refractivity contribution < 1.29 is 4.79 Å². The molecule has 6 heteroatoms. The summed E-state index contributed by atoms with van der Waals surface area (Å²) in [5.41, 5.74) is 6.27. The monoisotopic (exact) mass is 276 g/mol. The first-order valence-electron chi connectivity index (χ1n) is 5.90. The van der Waals surface area contributed by atoms with Gasteiger partial charge in [-0.05, 0) is 26.0 Å². The van der Waals surface area contributed by atoms with Gasteiger partial charge in [0.2, 0.25) is 0 Å². The Balaban J connectivity index is 2.16. The van der Waals surface area contributed by atoms with Crippen LogP contribution in [0.5, 0.6) is 0 Å². The molecule has 2 aromatic rings. The molecule has 2 aromatic heterocycles. The van der Waals surface area contributed by atoms with Crippen LogP contribution in [0.4, 0.5) is 0 Å². The Morgan fingerprint density at radius 3 is 2.84 bits per heavy atom. The van der Waals surface area contributed by atoms with Crippen LogP contribution in [0.15, 0.2) is 29.9 Å². The lowest BCUT2D eigenvalue weighted by atomic mass is 10.1. The second-order valence-electron chi connectivity index (χ2n) is 4.66. The Labute approximate surface area is 115 Å². The van der Waals surface area contributed by atoms with Crippen molar-refractivity contribution in [3.05, 3.63) is 46.2 Å². The summed E-state index contributed by atoms with van der Waals surface area (Å²) in [4.78, 5) is 20.5. The molecule has 0 saturated carbocycles. The van der Waals surface area contributed by atoms with Crippen molar-refractivity contribution in [2.75, 3.05) is 0 Å². The maximum atomic E-state index is 12.2. The second-order valence-corrected chi connectivity index (χ2v) is 5.55. The smallest absolute Gasteiger partial charge is 0.252 e. The highest BCUT2D eigenvalue weighted by Gasteiger charge is 2.25. The van der Waals surface area contributed by atoms with Crippen LogP contribution in [-0.2, 0) is 12.1 Å². The fraction of sp³-hybridized carbons (Fsp3) is 0.308. The number of aromatic nitrogens is 2. The molecule has 5 nitrogen and oxygen atoms in total. The Hall–Kier alpha value is -1.79. The first-order valence-corrected chi connectivity index (χ1v) is 6.78. The summed E-state index contributed by atoms with van der Waals surface area (Å²) in [5.74, 6) is -0.155. The summed E-state index contributed by atoms with van der Waals surface area (Å²) in [6.07, 6.45) is 3.32. The first kappa shape index (κ1) is 13.6. The quantitative estimate of drug-likeness (QED) is 0.890. The van der Waals surface area contributed by atoms with Gasteiger partial charge < -0.3 is 11.1 Å². The van der Waals surface area contributed by atoms with Crippen molar-refractivity contribution in [1.29, 1.82) is 0 Å². The summed E-state index contributed by atoms with van der Waals surface area (Å²) in [7, 11) is 0. The maximum absolute atomic E-state index is 12.2. The van der Waals surface area contributed by atoms with Crippen LogP contribution < -0.4 is 11.1 Å². The number of hydrogen-bond acceptors (Lipinski definition) is 5. The summed E-state index contributed by atoms with van der Waals surface area (Å²) in [6, 6.07) is 3.37. The van der Waals surface area contributed by atoms with Gasteiger partial charge in [0.25, 0.3) is 5.91 Å². The Morgan fingerprint density at radius 1 is 1.42 bits per heavy atom. The van der Waals surface area contributed by atoms with Crippen LogP contribution in [0.2, 0.25) is 0 Å². The van der Waals surface area contributed by atoms with Gasteiger partial charge in [-0.25, -0.2) is 4.98 Å². The van der Waals surface area contributed by atoms with Gasteiger partial charge in [-0.1, -0.05) is 0 Å². The highest BCUT2D eigenvalue weighted by molar-refractivity contribution is 7.09. The summed E-state index contributed by atoms with van der Waals surface area (Å²) in [6.45, 7) is 4.17. The van der Waals surface area contributed by atoms with Crippen molar-refractivity contribution in [2.45, 2.75) is 25.9 Å². The zero-order chi connectivity index (χ0) is 13.9. The molecule has 2 heterocycles. The van der Waals surface area contributed by atoms with Crippen molar-refractivity contribution in [3.8, 4) is 0 Å². The standard InChI is InChI=1S/C13H16N4OS/c1-13(2,12-16-5-6-19-12)17-11(18)9-3-4-15-10(7-9)8-14/h3-7H,8,14H2,1-2H3,(H,17,18). The highest BCUT2D eigenvalue weighted by atomic mass is 32.1. The fourth-order valence-corrected chi connectivity index (χ4v) is 2.39. The van der Waals surface area contributed by atoms with Gasteiger partial charge in [0.15, 0.2) is 0 Å². The highest BCUT2D eigenvalue weighted by Crippen LogP contribution is 2.22. The van der Waals surface area contributed by atoms with E-state index in [4.69, 9.17) is 5.73 Å². The number of nitrogens with two attached hydrogens (primary N) is 1. The van der Waals surface area contributed by atoms with Crippen molar-refractivity contribution in [2.24, 2.45) is 5.73 Å². The Kier molecular flexibility index (Phi) is 3.92. The van der Waals surface area contributed by atoms with Gasteiger partial charge in [-0.3, -0.25) is 9.78 Å². The van der Waals surface area contributed by atoms with Gasteiger partial charge in [-0.2, -0.15) is 0 Å². The van der Waals surface area contributed by atoms with Crippen LogP contribution in [0.25, 0.3) is 0 Å². The number of carbonyl (C=O) groups is 1. The molecule has 3 N–H and O–H groups in total. The van der Waals surface area contributed by atoms with Crippen LogP contribution in [-0.4, -0.2) is 15.9 Å². The van der Waals surface area contributed by atoms with Crippen molar-refractivity contribution in [3.63, 3.8) is 0 Å². The number of hydrogen-bond donors (Lipinski definition) is 2. The summed E-state index contributed by atoms with van der Waals surface area (Å²) < 4.78 is 0. The number of pyridine rings is 1. The molecular formula is C13H16N4OS. The number of nitrogens with one attached hydrogen (secondary N) is 1. The van der Waals surface area contributed by atoms with Crippen molar-refractivity contribution >= 4 is 17.2 Å². The molecule has 0 unspecified atom stereocenters. The molecule has 0 bridgehead atoms. The molecule has 0 aliphatic carbocycles. The molecule has 1 amide bonds. The second kappa shape index (κ2) is 5.46. The lowest BCUT2D eigenvalue weighted by Crippen LogP contribution is -2.41. The molecule has 0 aromatic carbocycles. The fourth-order valence-electron chi connectivity index (χ4n) is 1.67. The third kappa shape index (κ3) is 3.15. The van der Waals surface area contributed by atoms with E-state index in [1.54, 1.807) is 24.5 Å². The number of rotatable bonds is 4. The molecule has 2 rings (SSSR count). The van der Waals surface area contributed by atoms with E-state index >= 15 is 0 Å². The molecule has 0 aliphatic rings. The molecule has 0 fully saturated rings. The topological polar surface area (TPSA) is 80.9 Å². The van der Waals surface area contributed by atoms with E-state index in [-0.39, 0.29) is 5.91 Å². The number of amides is 1. The zero-order valence-electron chi connectivity index (χ0n) is 10.9. The Bertz CT molecular complexity index is 566. The molecule has 0 atom stereocenters. The minimum Gasteiger partial charge on any atom is -0.341 e. The predicted octanol–water partition coefficient (Wildman–Crippen LogP) is 1.66. The molecule has 0 spiro atoms. The van der Waals surface area contributed by atoms with Crippen LogP contribution in [0.3, 0.4) is 0 Å². The number of carbonyl (C=O) groups excluding carboxylic acids is 1. The largest absolute Gasteiger partial charge is 0.341 e. The molecule has 100 valence electrons. The zero-order valence-corrected chi connectivity index (χ0v) is 11.7. The molecule has 19 heavy (non-hydrogen) atoms. The van der Waals surface area contributed by atoms with E-state index in [0.717, 1.165) is 5.01 Å². The summed E-state index contributed by atoms with van der Waals surface area (Å²) >= 11 is 1.52. The average Bonchev–Trinajstić information content (AvgIpc) is 2.93. The van der Waals surface area contributed by atoms with Gasteiger partial charge in [0.05, 0.1) is 11.2 Å². The van der Waals surface area contributed by atoms with Gasteiger partial charge >= 0.3 is 0 Å². The third-order valence-corrected chi connectivity index (χ3v) is 3.78. The Morgan fingerprint density at radius 2 is 2.21 bits per heavy atom. The predicted molar refractivity (Wildman–Crippen MR) is 74.7 cm³/mol. The number of nitrogens with zero attached hydrogens (tertiary/aromatic N) is 2. The lowest BCUT2D eigenvalue weighted by Gasteiger charge is -2.23.